The number of halogens is 4. The van der Waals surface area contributed by atoms with Crippen LogP contribution in [-0.4, -0.2) is 85.8 Å². The molecule has 0 amide bonds. The maximum Gasteiger partial charge on any atom is 0.386 e. The molecule has 0 aromatic heterocycles. The van der Waals surface area contributed by atoms with E-state index >= 15 is 0 Å². The van der Waals surface area contributed by atoms with Gasteiger partial charge in [-0.1, -0.05) is 166 Å². The number of carbonyl (C=O) groups excluding carboxylic acids is 6. The summed E-state index contributed by atoms with van der Waals surface area (Å²) in [4.78, 5) is 74.7. The number of benzene rings is 6. The van der Waals surface area contributed by atoms with Crippen LogP contribution in [0.4, 0.5) is 63.1 Å². The Hall–Kier alpha value is -10.8. The molecule has 24 heteroatoms. The first-order chi connectivity index (χ1) is 65.7. The number of ether oxygens (including phenoxy) is 6. The van der Waals surface area contributed by atoms with E-state index in [-0.39, 0.29) is 78.3 Å². The topological polar surface area (TPSA) is 366 Å². The highest BCUT2D eigenvalue weighted by molar-refractivity contribution is 5.94. The van der Waals surface area contributed by atoms with Crippen LogP contribution in [-0.2, 0) is 28.4 Å². The number of hydrogen-bond acceptors (Lipinski definition) is 20. The molecule has 16 rings (SSSR count). The van der Waals surface area contributed by atoms with Crippen molar-refractivity contribution in [2.24, 2.45) is 98.1 Å². The van der Waals surface area contributed by atoms with Gasteiger partial charge in [-0.05, 0) is 358 Å². The van der Waals surface area contributed by atoms with Crippen molar-refractivity contribution < 1.29 is 74.8 Å². The molecule has 0 radical (unpaired) electrons. The van der Waals surface area contributed by atoms with Crippen molar-refractivity contribution >= 4 is 81.3 Å². The molecular formula is C115H158F4N8O12. The highest BCUT2D eigenvalue weighted by Gasteiger charge is 2.65. The van der Waals surface area contributed by atoms with Gasteiger partial charge >= 0.3 is 42.0 Å². The van der Waals surface area contributed by atoms with Crippen LogP contribution in [0.15, 0.2) is 181 Å². The molecule has 9 fully saturated rings. The molecule has 20 nitrogen and oxygen atoms in total. The van der Waals surface area contributed by atoms with E-state index in [1.807, 2.05) is 12.1 Å². The van der Waals surface area contributed by atoms with Crippen LogP contribution in [0.3, 0.4) is 0 Å². The lowest BCUT2D eigenvalue weighted by atomic mass is 9.41. The number of rotatable bonds is 21. The molecule has 6 aromatic carbocycles. The number of esters is 6. The molecule has 0 aliphatic heterocycles. The van der Waals surface area contributed by atoms with E-state index in [1.54, 1.807) is 127 Å². The summed E-state index contributed by atoms with van der Waals surface area (Å²) in [5.41, 5.74) is 58.9. The molecule has 17 unspecified atom stereocenters. The number of anilines is 8. The summed E-state index contributed by atoms with van der Waals surface area (Å²) in [7, 11) is 0.500. The molecule has 6 aromatic rings. The molecule has 16 N–H and O–H groups in total. The van der Waals surface area contributed by atoms with Crippen molar-refractivity contribution in [1.82, 2.24) is 0 Å². The van der Waals surface area contributed by atoms with Gasteiger partial charge in [0.1, 0.15) is 36.6 Å². The fourth-order valence-electron chi connectivity index (χ4n) is 26.1. The van der Waals surface area contributed by atoms with E-state index in [0.717, 1.165) is 67.6 Å². The van der Waals surface area contributed by atoms with Gasteiger partial charge in [0.2, 0.25) is 0 Å². The maximum atomic E-state index is 13.2. The van der Waals surface area contributed by atoms with Crippen molar-refractivity contribution in [2.45, 2.75) is 307 Å². The molecule has 0 heterocycles. The Morgan fingerprint density at radius 3 is 1.22 bits per heavy atom. The van der Waals surface area contributed by atoms with Gasteiger partial charge in [-0.15, -0.1) is 0 Å². The molecule has 139 heavy (non-hydrogen) atoms. The molecule has 0 bridgehead atoms. The number of unbranched alkanes of at least 4 members (excludes halogenated alkanes) is 1. The number of hydrogen-bond donors (Lipinski definition) is 8. The van der Waals surface area contributed by atoms with Crippen LogP contribution in [0, 0.1) is 98.1 Å². The highest BCUT2D eigenvalue weighted by Crippen LogP contribution is 2.72. The fraction of sp³-hybridized carbons (Fsp3) is 0.565. The lowest BCUT2D eigenvalue weighted by Gasteiger charge is -2.65. The molecule has 10 aliphatic rings. The molecule has 758 valence electrons. The summed E-state index contributed by atoms with van der Waals surface area (Å²) in [6, 6.07) is 37.2. The molecule has 0 spiro atoms. The number of alkyl halides is 4. The van der Waals surface area contributed by atoms with Gasteiger partial charge in [0.15, 0.2) is 0 Å². The third-order valence-electron chi connectivity index (χ3n) is 33.5. The second-order valence-electron chi connectivity index (χ2n) is 43.9. The molecular weight excluding hydrogens is 1760 g/mol. The molecule has 9 saturated carbocycles. The minimum Gasteiger partial charge on any atom is -0.459 e. The van der Waals surface area contributed by atoms with Crippen LogP contribution in [0.2, 0.25) is 0 Å². The number of nitrogens with two attached hydrogens (primary N) is 8. The van der Waals surface area contributed by atoms with Crippen LogP contribution in [0.25, 0.3) is 0 Å². The maximum absolute atomic E-state index is 13.2. The normalized spacial score (nSPS) is 29.0. The first-order valence-corrected chi connectivity index (χ1v) is 50.9. The van der Waals surface area contributed by atoms with E-state index in [1.165, 1.54) is 94.6 Å². The van der Waals surface area contributed by atoms with E-state index < -0.39 is 18.1 Å². The molecule has 17 atom stereocenters. The summed E-state index contributed by atoms with van der Waals surface area (Å²) in [6.45, 7) is 31.8. The van der Waals surface area contributed by atoms with Gasteiger partial charge in [-0.25, -0.2) is 28.8 Å². The van der Waals surface area contributed by atoms with Crippen molar-refractivity contribution in [1.29, 1.82) is 0 Å². The number of carbonyl (C=O) groups is 6. The number of nitrogen functional groups attached to an aromatic ring is 8. The average Bonchev–Trinajstić information content (AvgIpc) is 1.15. The lowest BCUT2D eigenvalue weighted by Crippen LogP contribution is -2.59. The van der Waals surface area contributed by atoms with Gasteiger partial charge in [-0.3, -0.25) is 4.39 Å². The van der Waals surface area contributed by atoms with Crippen LogP contribution in [0.5, 0.6) is 0 Å². The van der Waals surface area contributed by atoms with Gasteiger partial charge in [0, 0.05) is 64.3 Å². The first-order valence-electron chi connectivity index (χ1n) is 50.9. The lowest BCUT2D eigenvalue weighted by molar-refractivity contribution is -0.180. The first kappa shape index (κ1) is 109. The van der Waals surface area contributed by atoms with Crippen molar-refractivity contribution in [3.8, 4) is 0 Å². The number of fused-ring (bicyclic) bond motifs is 10. The zero-order valence-corrected chi connectivity index (χ0v) is 84.9. The third-order valence-corrected chi connectivity index (χ3v) is 33.5. The van der Waals surface area contributed by atoms with Crippen LogP contribution < -0.4 is 45.9 Å². The second-order valence-corrected chi connectivity index (χ2v) is 43.9. The summed E-state index contributed by atoms with van der Waals surface area (Å²) >= 11 is 0. The Kier molecular flexibility index (Phi) is 36.9. The average molecular weight is 1920 g/mol. The van der Waals surface area contributed by atoms with E-state index in [4.69, 9.17) is 74.3 Å². The Morgan fingerprint density at radius 2 is 0.799 bits per heavy atom. The van der Waals surface area contributed by atoms with Gasteiger partial charge < -0.3 is 74.3 Å². The van der Waals surface area contributed by atoms with Crippen LogP contribution >= 0.6 is 0 Å². The van der Waals surface area contributed by atoms with E-state index in [9.17, 15) is 46.3 Å². The van der Waals surface area contributed by atoms with Crippen molar-refractivity contribution in [2.75, 3.05) is 53.0 Å². The Balaban J connectivity index is 0.000000177. The predicted molar refractivity (Wildman–Crippen MR) is 549 cm³/mol. The van der Waals surface area contributed by atoms with Crippen molar-refractivity contribution in [3.05, 3.63) is 214 Å². The Labute approximate surface area is 823 Å². The SMILES string of the molecule is CC(C)=CCCCC(C)C1CCC2C3CCC4C(C)(C)C(OC(=O)c5cc(N)cc(N)c5)CCC4(C)C3CCC12C.CC(C)C(C)/C=C/C(C)C1CCC2C3=CC=C4CC(OC(=O)c5cc(N)cc(N)c5)CCC4(C)C3CCC21C.CC(F)(F)F.CF.Nc1cc(N)cc(C(=O)OC2CCC(OC(=O)c3ccccc3)CC2)c1.Nc1cc(N)cc(C(=O)OC2CCC(OC(=O)c3ccccc3)CC2)c1. The van der Waals surface area contributed by atoms with E-state index in [0.29, 0.717) is 189 Å². The smallest absolute Gasteiger partial charge is 0.386 e. The highest BCUT2D eigenvalue weighted by atomic mass is 19.4. The predicted octanol–water partition coefficient (Wildman–Crippen LogP) is 26.3. The standard InChI is InChI=1S/C37H58N2O2.C35H50N2O2.2C20H22N2O4.C2H3F3.CH3F/c1-23(2)10-8-9-11-24(3)29-13-14-30-28-12-15-32-35(4,5)33(41-34(40)25-20-26(38)22-27(39)21-25)17-19-37(32,7)31(28)16-18-36(29,30)6;1-21(2)22(3)7-8-23(4)30-11-12-31-29-10-9-25-19-28(39-33(38)24-17-26(36)20-27(37)18-24)13-15-34(25,5)32(29)14-16-35(30,31)6;2*21-15-10-14(11-16(22)12-15)20(24)26-18-8-6-17(7-9-18)25-19(23)13-4-2-1-3-5-13;1-2(3,4)5;1-2/h10,20-22,24,28-33H,8-9,11-19,38-39H2,1-7H3;7-10,17-18,20-23,28,30-32H,11-16,19,36-37H2,1-6H3;2*1-5,10-12,17-18H,6-9,21-22H2;1H3;1H3/b;8-7+;;;;. The van der Waals surface area contributed by atoms with E-state index in [2.05, 4.69) is 120 Å². The van der Waals surface area contributed by atoms with Gasteiger partial charge in [0.25, 0.3) is 0 Å². The summed E-state index contributed by atoms with van der Waals surface area (Å²) in [5, 5.41) is 0. The minimum absolute atomic E-state index is 0.0573. The van der Waals surface area contributed by atoms with Gasteiger partial charge in [-0.2, -0.15) is 13.2 Å². The van der Waals surface area contributed by atoms with Crippen molar-refractivity contribution in [3.63, 3.8) is 0 Å². The zero-order valence-electron chi connectivity index (χ0n) is 84.9. The van der Waals surface area contributed by atoms with Gasteiger partial charge in [0.05, 0.1) is 40.6 Å². The summed E-state index contributed by atoms with van der Waals surface area (Å²) in [5.74, 6) is 6.74. The Morgan fingerprint density at radius 1 is 0.410 bits per heavy atom. The second kappa shape index (κ2) is 47.2. The zero-order chi connectivity index (χ0) is 101. The Bertz CT molecular complexity index is 5090. The quantitative estimate of drug-likeness (QED) is 0.00828. The minimum atomic E-state index is -4.00. The summed E-state index contributed by atoms with van der Waals surface area (Å²) < 4.78 is 74.9. The molecule has 0 saturated heterocycles. The number of allylic oxidation sites excluding steroid dienone is 7. The molecule has 10 aliphatic carbocycles. The summed E-state index contributed by atoms with van der Waals surface area (Å²) in [6.07, 6.45) is 35.1. The largest absolute Gasteiger partial charge is 0.459 e. The van der Waals surface area contributed by atoms with Crippen LogP contribution in [0.1, 0.15) is 326 Å². The fourth-order valence-corrected chi connectivity index (χ4v) is 26.1. The monoisotopic (exact) mass is 1920 g/mol. The third kappa shape index (κ3) is 27.5.